The maximum Gasteiger partial charge on any atom is 0.212 e. The van der Waals surface area contributed by atoms with Gasteiger partial charge >= 0.3 is 0 Å². The summed E-state index contributed by atoms with van der Waals surface area (Å²) in [5.41, 5.74) is 7.32. The van der Waals surface area contributed by atoms with Crippen molar-refractivity contribution < 1.29 is 17.0 Å². The summed E-state index contributed by atoms with van der Waals surface area (Å²) in [4.78, 5) is 6.54. The van der Waals surface area contributed by atoms with Crippen LogP contribution in [0.1, 0.15) is 25.1 Å². The number of para-hydroxylation sites is 3. The normalized spacial score (nSPS) is 13.3. The number of fused-ring (bicyclic) bond motifs is 3. The molecule has 0 saturated heterocycles. The van der Waals surface area contributed by atoms with Crippen LogP contribution in [0.3, 0.4) is 0 Å². The fourth-order valence-corrected chi connectivity index (χ4v) is 4.82. The quantitative estimate of drug-likeness (QED) is 0.318. The smallest absolute Gasteiger partial charge is 0.212 e. The molecule has 0 amide bonds. The number of anilines is 1. The Kier molecular flexibility index (Phi) is 9.07. The number of aryl methyl sites for hydroxylation is 1. The molecule has 3 heterocycles. The molecule has 0 aliphatic carbocycles. The summed E-state index contributed by atoms with van der Waals surface area (Å²) >= 11 is 0. The largest absolute Gasteiger partial charge is 1.00 e. The molecule has 6 rings (SSSR count). The predicted molar refractivity (Wildman–Crippen MR) is 157 cm³/mol. The van der Waals surface area contributed by atoms with Crippen molar-refractivity contribution in [2.45, 2.75) is 20.4 Å². The molecule has 5 aromatic rings. The third-order valence-electron chi connectivity index (χ3n) is 6.62. The highest BCUT2D eigenvalue weighted by Crippen LogP contribution is 2.30. The van der Waals surface area contributed by atoms with E-state index < -0.39 is 0 Å². The summed E-state index contributed by atoms with van der Waals surface area (Å²) in [7, 11) is 0. The van der Waals surface area contributed by atoms with Crippen molar-refractivity contribution in [3.05, 3.63) is 138 Å². The van der Waals surface area contributed by atoms with E-state index in [4.69, 9.17) is 0 Å². The second-order valence-corrected chi connectivity index (χ2v) is 8.84. The molecule has 0 atom stereocenters. The number of benzene rings is 3. The van der Waals surface area contributed by atoms with Crippen molar-refractivity contribution in [3.8, 4) is 0 Å². The lowest BCUT2D eigenvalue weighted by atomic mass is 10.1. The highest BCUT2D eigenvalue weighted by atomic mass is 35.5. The van der Waals surface area contributed by atoms with Gasteiger partial charge in [0.15, 0.2) is 0 Å². The highest BCUT2D eigenvalue weighted by molar-refractivity contribution is 5.78. The van der Waals surface area contributed by atoms with Gasteiger partial charge in [-0.25, -0.2) is 0 Å². The van der Waals surface area contributed by atoms with Gasteiger partial charge in [-0.2, -0.15) is 4.57 Å². The van der Waals surface area contributed by atoms with Gasteiger partial charge in [0.25, 0.3) is 0 Å². The van der Waals surface area contributed by atoms with E-state index in [1.54, 1.807) is 0 Å². The minimum atomic E-state index is 0. The van der Waals surface area contributed by atoms with Crippen molar-refractivity contribution in [1.82, 2.24) is 4.98 Å². The monoisotopic (exact) mass is 517 g/mol. The number of aromatic nitrogens is 2. The summed E-state index contributed by atoms with van der Waals surface area (Å²) in [6.07, 6.45) is 12.8. The molecule has 190 valence electrons. The van der Waals surface area contributed by atoms with E-state index >= 15 is 0 Å². The molecule has 38 heavy (non-hydrogen) atoms. The highest BCUT2D eigenvalue weighted by Gasteiger charge is 2.15. The zero-order chi connectivity index (χ0) is 25.5. The van der Waals surface area contributed by atoms with Gasteiger partial charge in [0.2, 0.25) is 11.2 Å². The second-order valence-electron chi connectivity index (χ2n) is 8.84. The van der Waals surface area contributed by atoms with Crippen molar-refractivity contribution in [3.63, 3.8) is 0 Å². The number of pyridine rings is 2. The van der Waals surface area contributed by atoms with Crippen molar-refractivity contribution in [2.75, 3.05) is 11.4 Å². The first-order chi connectivity index (χ1) is 18.3. The Morgan fingerprint density at radius 2 is 1.50 bits per heavy atom. The Bertz CT molecular complexity index is 1550. The standard InChI is InChI=1S/C25H25N2.C9H7N.ClH/c1-3-26-22(18-16-20-10-5-7-14-24(20)26)12-9-13-23-19-17-21-11-6-8-15-25(21)27(23)4-2;1-2-6-9-8(4-1)5-3-7-10-9;/h5-19H,3-4H2,1-2H3;1-7H;1H/q+1;;/p-1. The van der Waals surface area contributed by atoms with Crippen LogP contribution in [0.25, 0.3) is 34.0 Å². The Labute approximate surface area is 231 Å². The summed E-state index contributed by atoms with van der Waals surface area (Å²) in [5, 5.41) is 2.48. The van der Waals surface area contributed by atoms with Gasteiger partial charge in [-0.3, -0.25) is 4.98 Å². The van der Waals surface area contributed by atoms with Gasteiger partial charge in [0, 0.05) is 53.1 Å². The number of halogens is 1. The summed E-state index contributed by atoms with van der Waals surface area (Å²) in [5.74, 6) is 0. The lowest BCUT2D eigenvalue weighted by Crippen LogP contribution is -3.00. The van der Waals surface area contributed by atoms with Gasteiger partial charge in [-0.1, -0.05) is 66.7 Å². The summed E-state index contributed by atoms with van der Waals surface area (Å²) in [6.45, 7) is 6.29. The molecule has 0 N–H and O–H groups in total. The molecule has 0 spiro atoms. The number of likely N-dealkylation sites (N-methyl/N-ethyl adjacent to an activating group) is 1. The fourth-order valence-electron chi connectivity index (χ4n) is 4.82. The molecule has 0 bridgehead atoms. The maximum atomic E-state index is 4.18. The van der Waals surface area contributed by atoms with E-state index in [1.165, 1.54) is 38.9 Å². The summed E-state index contributed by atoms with van der Waals surface area (Å²) < 4.78 is 2.36. The SMILES string of the molecule is CCN1C(=CC=Cc2ccc3ccccc3[n+]2CC)C=Cc2ccccc21.[Cl-].c1ccc2ncccc2c1. The zero-order valence-electron chi connectivity index (χ0n) is 21.8. The van der Waals surface area contributed by atoms with Crippen molar-refractivity contribution >= 4 is 39.6 Å². The van der Waals surface area contributed by atoms with E-state index in [9.17, 15) is 0 Å². The minimum Gasteiger partial charge on any atom is -1.00 e. The van der Waals surface area contributed by atoms with Gasteiger partial charge in [0.1, 0.15) is 6.54 Å². The maximum absolute atomic E-state index is 4.18. The molecule has 0 unspecified atom stereocenters. The molecule has 0 radical (unpaired) electrons. The first-order valence-corrected chi connectivity index (χ1v) is 12.9. The average Bonchev–Trinajstić information content (AvgIpc) is 2.97. The molecular formula is C34H32ClN3. The van der Waals surface area contributed by atoms with Crippen LogP contribution >= 0.6 is 0 Å². The lowest BCUT2D eigenvalue weighted by molar-refractivity contribution is -0.669. The molecule has 3 nitrogen and oxygen atoms in total. The minimum absolute atomic E-state index is 0. The molecule has 3 aromatic carbocycles. The number of allylic oxidation sites excluding steroid dienone is 3. The first-order valence-electron chi connectivity index (χ1n) is 12.9. The van der Waals surface area contributed by atoms with Crippen LogP contribution in [0.4, 0.5) is 5.69 Å². The number of rotatable bonds is 4. The topological polar surface area (TPSA) is 20.0 Å². The molecular weight excluding hydrogens is 486 g/mol. The van der Waals surface area contributed by atoms with Crippen LogP contribution in [0.2, 0.25) is 0 Å². The van der Waals surface area contributed by atoms with Gasteiger partial charge < -0.3 is 17.3 Å². The van der Waals surface area contributed by atoms with Crippen LogP contribution in [0.5, 0.6) is 0 Å². The van der Waals surface area contributed by atoms with Crippen molar-refractivity contribution in [1.29, 1.82) is 0 Å². The van der Waals surface area contributed by atoms with Gasteiger partial charge in [-0.15, -0.1) is 0 Å². The van der Waals surface area contributed by atoms with Gasteiger partial charge in [-0.05, 0) is 61.9 Å². The van der Waals surface area contributed by atoms with Crippen LogP contribution in [-0.2, 0) is 6.54 Å². The van der Waals surface area contributed by atoms with E-state index in [0.717, 1.165) is 18.6 Å². The Morgan fingerprint density at radius 3 is 2.32 bits per heavy atom. The van der Waals surface area contributed by atoms with Crippen LogP contribution in [0.15, 0.2) is 127 Å². The zero-order valence-corrected chi connectivity index (χ0v) is 22.6. The van der Waals surface area contributed by atoms with Gasteiger partial charge in [0.05, 0.1) is 5.52 Å². The predicted octanol–water partition coefficient (Wildman–Crippen LogP) is 4.84. The third-order valence-corrected chi connectivity index (χ3v) is 6.62. The number of nitrogens with zero attached hydrogens (tertiary/aromatic N) is 3. The van der Waals surface area contributed by atoms with E-state index in [0.29, 0.717) is 0 Å². The van der Waals surface area contributed by atoms with Crippen LogP contribution in [0, 0.1) is 0 Å². The Balaban J connectivity index is 0.000000256. The number of hydrogen-bond acceptors (Lipinski definition) is 2. The molecule has 0 saturated carbocycles. The molecule has 0 fully saturated rings. The molecule has 4 heteroatoms. The lowest BCUT2D eigenvalue weighted by Gasteiger charge is -2.29. The molecule has 1 aliphatic heterocycles. The first kappa shape index (κ1) is 26.8. The fraction of sp³-hybridized carbons (Fsp3) is 0.118. The summed E-state index contributed by atoms with van der Waals surface area (Å²) in [6, 6.07) is 33.6. The second kappa shape index (κ2) is 12.8. The molecule has 2 aromatic heterocycles. The van der Waals surface area contributed by atoms with Crippen LogP contribution < -0.4 is 21.9 Å². The molecule has 1 aliphatic rings. The van der Waals surface area contributed by atoms with E-state index in [-0.39, 0.29) is 12.4 Å². The van der Waals surface area contributed by atoms with Crippen LogP contribution in [-0.4, -0.2) is 11.5 Å². The third kappa shape index (κ3) is 5.85. The van der Waals surface area contributed by atoms with E-state index in [1.807, 2.05) is 30.5 Å². The number of hydrogen-bond donors (Lipinski definition) is 0. The Morgan fingerprint density at radius 1 is 0.763 bits per heavy atom. The van der Waals surface area contributed by atoms with Crippen molar-refractivity contribution in [2.24, 2.45) is 0 Å². The van der Waals surface area contributed by atoms with E-state index in [2.05, 4.69) is 131 Å². The average molecular weight is 518 g/mol. The Hall–Kier alpha value is -4.21.